The highest BCUT2D eigenvalue weighted by Crippen LogP contribution is 2.12. The molecule has 0 radical (unpaired) electrons. The van der Waals surface area contributed by atoms with Crippen LogP contribution in [-0.4, -0.2) is 36.3 Å². The van der Waals surface area contributed by atoms with Gasteiger partial charge >= 0.3 is 12.2 Å². The van der Waals surface area contributed by atoms with E-state index in [1.807, 2.05) is 39.8 Å². The maximum absolute atomic E-state index is 12.0. The number of carbonyl (C=O) groups is 2. The molecular weight excluding hydrogens is 368 g/mol. The van der Waals surface area contributed by atoms with Crippen molar-refractivity contribution >= 4 is 12.2 Å². The number of hydrogen-bond acceptors (Lipinski definition) is 4. The number of carbonyl (C=O) groups excluding carboxylic acids is 2. The van der Waals surface area contributed by atoms with Gasteiger partial charge in [0.2, 0.25) is 0 Å². The van der Waals surface area contributed by atoms with E-state index in [4.69, 9.17) is 9.47 Å². The molecule has 2 amide bonds. The molecule has 0 saturated heterocycles. The summed E-state index contributed by atoms with van der Waals surface area (Å²) >= 11 is 0. The number of hydrogen-bond donors (Lipinski definition) is 1. The molecule has 0 aliphatic rings. The van der Waals surface area contributed by atoms with E-state index in [0.717, 1.165) is 11.1 Å². The minimum Gasteiger partial charge on any atom is -0.444 e. The van der Waals surface area contributed by atoms with E-state index in [2.05, 4.69) is 18.5 Å². The molecule has 0 bridgehead atoms. The Morgan fingerprint density at radius 2 is 1.76 bits per heavy atom. The number of para-hydroxylation sites is 1. The second-order valence-electron chi connectivity index (χ2n) is 7.46. The largest absolute Gasteiger partial charge is 0.444 e. The molecule has 156 valence electrons. The first-order chi connectivity index (χ1) is 13.5. The molecule has 6 nitrogen and oxygen atoms in total. The fraction of sp³-hybridized carbons (Fsp3) is 0.304. The summed E-state index contributed by atoms with van der Waals surface area (Å²) in [6.45, 7) is 15.5. The molecule has 1 rings (SSSR count). The highest BCUT2D eigenvalue weighted by molar-refractivity contribution is 5.73. The first-order valence-corrected chi connectivity index (χ1v) is 9.19. The summed E-state index contributed by atoms with van der Waals surface area (Å²) in [5.41, 5.74) is 1.44. The molecule has 0 heterocycles. The van der Waals surface area contributed by atoms with Crippen LogP contribution in [0.3, 0.4) is 0 Å². The Balaban J connectivity index is 2.50. The van der Waals surface area contributed by atoms with Crippen LogP contribution in [0.2, 0.25) is 0 Å². The van der Waals surface area contributed by atoms with Crippen molar-refractivity contribution in [2.45, 2.75) is 33.3 Å². The molecule has 0 spiro atoms. The van der Waals surface area contributed by atoms with Crippen LogP contribution in [-0.2, 0) is 4.74 Å². The monoisotopic (exact) mass is 398 g/mol. The molecule has 29 heavy (non-hydrogen) atoms. The van der Waals surface area contributed by atoms with Gasteiger partial charge in [-0.05, 0) is 57.0 Å². The molecular formula is C23H30N2O4. The molecule has 6 heteroatoms. The number of nitrogens with one attached hydrogen (secondary N) is 1. The van der Waals surface area contributed by atoms with Crippen LogP contribution >= 0.6 is 0 Å². The number of allylic oxidation sites excluding steroid dienone is 4. The number of likely N-dealkylation sites (N-methyl/N-ethyl adjacent to an activating group) is 1. The lowest BCUT2D eigenvalue weighted by molar-refractivity contribution is 0.0317. The zero-order valence-electron chi connectivity index (χ0n) is 17.8. The van der Waals surface area contributed by atoms with E-state index < -0.39 is 17.8 Å². The van der Waals surface area contributed by atoms with Gasteiger partial charge in [-0.3, -0.25) is 5.32 Å². The van der Waals surface area contributed by atoms with Gasteiger partial charge in [0, 0.05) is 19.3 Å². The second-order valence-corrected chi connectivity index (χ2v) is 7.46. The number of amides is 2. The Morgan fingerprint density at radius 1 is 1.14 bits per heavy atom. The van der Waals surface area contributed by atoms with Gasteiger partial charge in [-0.15, -0.1) is 0 Å². The van der Waals surface area contributed by atoms with Crippen LogP contribution in [0.25, 0.3) is 0 Å². The van der Waals surface area contributed by atoms with Gasteiger partial charge in [0.05, 0.1) is 0 Å². The zero-order chi connectivity index (χ0) is 22.0. The molecule has 1 aromatic rings. The first kappa shape index (κ1) is 23.8. The third-order valence-electron chi connectivity index (χ3n) is 3.59. The molecule has 0 aliphatic heterocycles. The standard InChI is InChI=1S/C23H30N2O4/c1-17(18(2)15-16-25(7)22(27)29-23(4,5)6)13-14-19(3)24-21(26)28-20-11-9-8-10-12-20/h8-15H,1,3,16H2,2,4-7H3,(H,24,26)/b14-13-,18-15+. The van der Waals surface area contributed by atoms with E-state index in [-0.39, 0.29) is 0 Å². The molecule has 0 atom stereocenters. The molecule has 1 N–H and O–H groups in total. The number of nitrogens with zero attached hydrogens (tertiary/aromatic N) is 1. The third-order valence-corrected chi connectivity index (χ3v) is 3.59. The molecule has 0 aromatic heterocycles. The Labute approximate surface area is 173 Å². The fourth-order valence-corrected chi connectivity index (χ4v) is 1.95. The van der Waals surface area contributed by atoms with Gasteiger partial charge in [0.15, 0.2) is 0 Å². The zero-order valence-corrected chi connectivity index (χ0v) is 17.8. The summed E-state index contributed by atoms with van der Waals surface area (Å²) in [6.07, 6.45) is 4.21. The van der Waals surface area contributed by atoms with Crippen molar-refractivity contribution in [3.8, 4) is 5.75 Å². The lowest BCUT2D eigenvalue weighted by Crippen LogP contribution is -2.34. The minimum absolute atomic E-state index is 0.366. The van der Waals surface area contributed by atoms with Crippen LogP contribution in [0.4, 0.5) is 9.59 Å². The molecule has 0 fully saturated rings. The maximum atomic E-state index is 12.0. The smallest absolute Gasteiger partial charge is 0.417 e. The van der Waals surface area contributed by atoms with Crippen molar-refractivity contribution in [3.05, 3.63) is 78.6 Å². The lowest BCUT2D eigenvalue weighted by atomic mass is 10.1. The number of benzene rings is 1. The minimum atomic E-state index is -0.622. The van der Waals surface area contributed by atoms with E-state index >= 15 is 0 Å². The van der Waals surface area contributed by atoms with E-state index in [1.165, 1.54) is 4.90 Å². The van der Waals surface area contributed by atoms with E-state index in [0.29, 0.717) is 18.0 Å². The summed E-state index contributed by atoms with van der Waals surface area (Å²) < 4.78 is 10.4. The first-order valence-electron chi connectivity index (χ1n) is 9.19. The number of rotatable bonds is 7. The van der Waals surface area contributed by atoms with Crippen LogP contribution < -0.4 is 10.1 Å². The van der Waals surface area contributed by atoms with Gasteiger partial charge in [-0.1, -0.05) is 43.5 Å². The Bertz CT molecular complexity index is 802. The van der Waals surface area contributed by atoms with Gasteiger partial charge < -0.3 is 14.4 Å². The summed E-state index contributed by atoms with van der Waals surface area (Å²) in [5.74, 6) is 0.444. The highest BCUT2D eigenvalue weighted by atomic mass is 16.6. The summed E-state index contributed by atoms with van der Waals surface area (Å²) in [5, 5.41) is 2.54. The molecule has 0 aliphatic carbocycles. The Hall–Kier alpha value is -3.28. The van der Waals surface area contributed by atoms with Crippen LogP contribution in [0.15, 0.2) is 78.6 Å². The predicted octanol–water partition coefficient (Wildman–Crippen LogP) is 5.21. The third kappa shape index (κ3) is 10.0. The Morgan fingerprint density at radius 3 is 2.34 bits per heavy atom. The van der Waals surface area contributed by atoms with E-state index in [1.54, 1.807) is 43.5 Å². The Kier molecular flexibility index (Phi) is 8.93. The molecule has 0 saturated carbocycles. The van der Waals surface area contributed by atoms with Crippen LogP contribution in [0, 0.1) is 0 Å². The van der Waals surface area contributed by atoms with Crippen molar-refractivity contribution in [1.29, 1.82) is 0 Å². The normalized spacial score (nSPS) is 11.7. The van der Waals surface area contributed by atoms with Crippen molar-refractivity contribution in [1.82, 2.24) is 10.2 Å². The average Bonchev–Trinajstić information content (AvgIpc) is 2.63. The highest BCUT2D eigenvalue weighted by Gasteiger charge is 2.18. The van der Waals surface area contributed by atoms with Gasteiger partial charge in [0.1, 0.15) is 11.4 Å². The van der Waals surface area contributed by atoms with Crippen molar-refractivity contribution < 1.29 is 19.1 Å². The van der Waals surface area contributed by atoms with Gasteiger partial charge in [0.25, 0.3) is 0 Å². The molecule has 0 unspecified atom stereocenters. The summed E-state index contributed by atoms with van der Waals surface area (Å²) in [4.78, 5) is 25.3. The number of ether oxygens (including phenoxy) is 2. The average molecular weight is 399 g/mol. The van der Waals surface area contributed by atoms with Crippen LogP contribution in [0.1, 0.15) is 27.7 Å². The predicted molar refractivity (Wildman–Crippen MR) is 116 cm³/mol. The molecule has 1 aromatic carbocycles. The van der Waals surface area contributed by atoms with Gasteiger partial charge in [-0.25, -0.2) is 9.59 Å². The maximum Gasteiger partial charge on any atom is 0.417 e. The van der Waals surface area contributed by atoms with Crippen molar-refractivity contribution in [3.63, 3.8) is 0 Å². The quantitative estimate of drug-likeness (QED) is 0.640. The topological polar surface area (TPSA) is 67.9 Å². The van der Waals surface area contributed by atoms with Crippen LogP contribution in [0.5, 0.6) is 5.75 Å². The SMILES string of the molecule is C=C(/C=C\C(=C)/C(C)=C/CN(C)C(=O)OC(C)(C)C)NC(=O)Oc1ccccc1. The fourth-order valence-electron chi connectivity index (χ4n) is 1.95. The summed E-state index contributed by atoms with van der Waals surface area (Å²) in [6, 6.07) is 8.75. The van der Waals surface area contributed by atoms with Gasteiger partial charge in [-0.2, -0.15) is 0 Å². The second kappa shape index (κ2) is 10.9. The van der Waals surface area contributed by atoms with E-state index in [9.17, 15) is 9.59 Å². The summed E-state index contributed by atoms with van der Waals surface area (Å²) in [7, 11) is 1.67. The lowest BCUT2D eigenvalue weighted by Gasteiger charge is -2.24. The van der Waals surface area contributed by atoms with Crippen molar-refractivity contribution in [2.75, 3.05) is 13.6 Å². The van der Waals surface area contributed by atoms with Crippen molar-refractivity contribution in [2.24, 2.45) is 0 Å².